The van der Waals surface area contributed by atoms with Crippen LogP contribution >= 0.6 is 0 Å². The Balaban J connectivity index is 2.46. The molecule has 0 aliphatic rings. The number of para-hydroxylation sites is 1. The first-order valence-electron chi connectivity index (χ1n) is 5.63. The third kappa shape index (κ3) is 3.14. The van der Waals surface area contributed by atoms with E-state index in [1.807, 2.05) is 0 Å². The predicted octanol–water partition coefficient (Wildman–Crippen LogP) is 3.97. The van der Waals surface area contributed by atoms with Gasteiger partial charge in [-0.15, -0.1) is 13.2 Å². The van der Waals surface area contributed by atoms with E-state index in [1.165, 1.54) is 13.2 Å². The number of methoxy groups -OCH3 is 1. The van der Waals surface area contributed by atoms with Crippen molar-refractivity contribution >= 4 is 0 Å². The molecule has 2 rings (SSSR count). The van der Waals surface area contributed by atoms with Crippen LogP contribution in [-0.2, 0) is 0 Å². The molecule has 0 aromatic heterocycles. The van der Waals surface area contributed by atoms with Crippen molar-refractivity contribution in [2.45, 2.75) is 6.36 Å². The maximum absolute atomic E-state index is 12.2. The number of hydrogen-bond acceptors (Lipinski definition) is 3. The topological polar surface area (TPSA) is 38.7 Å². The number of phenolic OH excluding ortho intramolecular Hbond substituents is 1. The van der Waals surface area contributed by atoms with Crippen LogP contribution in [0.4, 0.5) is 13.2 Å². The Hall–Kier alpha value is -2.37. The number of phenols is 1. The van der Waals surface area contributed by atoms with Crippen molar-refractivity contribution in [2.75, 3.05) is 7.11 Å². The molecule has 0 spiro atoms. The molecule has 1 N–H and O–H groups in total. The highest BCUT2D eigenvalue weighted by Gasteiger charge is 2.32. The van der Waals surface area contributed by atoms with Crippen LogP contribution in [0.5, 0.6) is 17.2 Å². The number of hydrogen-bond donors (Lipinski definition) is 1. The molecule has 0 unspecified atom stereocenters. The highest BCUT2D eigenvalue weighted by atomic mass is 19.4. The molecule has 2 aromatic rings. The van der Waals surface area contributed by atoms with Crippen LogP contribution in [0.25, 0.3) is 11.1 Å². The van der Waals surface area contributed by atoms with Gasteiger partial charge in [0.2, 0.25) is 0 Å². The Morgan fingerprint density at radius 3 is 2.35 bits per heavy atom. The molecule has 6 heteroatoms. The first kappa shape index (κ1) is 14.0. The fourth-order valence-corrected chi connectivity index (χ4v) is 1.77. The van der Waals surface area contributed by atoms with Crippen LogP contribution in [0.15, 0.2) is 42.5 Å². The van der Waals surface area contributed by atoms with Gasteiger partial charge in [-0.3, -0.25) is 0 Å². The average molecular weight is 284 g/mol. The summed E-state index contributed by atoms with van der Waals surface area (Å²) in [5.41, 5.74) is 1.04. The third-order valence-corrected chi connectivity index (χ3v) is 2.60. The number of aromatic hydroxyl groups is 1. The van der Waals surface area contributed by atoms with E-state index < -0.39 is 17.9 Å². The van der Waals surface area contributed by atoms with Crippen molar-refractivity contribution in [1.29, 1.82) is 0 Å². The summed E-state index contributed by atoms with van der Waals surface area (Å²) < 4.78 is 45.7. The number of halogens is 3. The molecule has 0 aliphatic carbocycles. The van der Waals surface area contributed by atoms with Gasteiger partial charge in [0.05, 0.1) is 7.11 Å². The maximum Gasteiger partial charge on any atom is 0.573 e. The maximum atomic E-state index is 12.2. The number of ether oxygens (including phenoxy) is 2. The summed E-state index contributed by atoms with van der Waals surface area (Å²) in [5.74, 6) is -0.724. The minimum Gasteiger partial charge on any atom is -0.504 e. The molecule has 0 fully saturated rings. The Morgan fingerprint density at radius 1 is 1.00 bits per heavy atom. The van der Waals surface area contributed by atoms with E-state index >= 15 is 0 Å². The lowest BCUT2D eigenvalue weighted by Crippen LogP contribution is -2.17. The number of rotatable bonds is 3. The minimum absolute atomic E-state index is 0.444. The zero-order valence-corrected chi connectivity index (χ0v) is 10.4. The SMILES string of the molecule is COc1ccccc1-c1ccc(O)c(OC(F)(F)F)c1. The van der Waals surface area contributed by atoms with Crippen molar-refractivity contribution in [3.05, 3.63) is 42.5 Å². The van der Waals surface area contributed by atoms with E-state index in [0.29, 0.717) is 16.9 Å². The summed E-state index contributed by atoms with van der Waals surface area (Å²) in [6, 6.07) is 10.6. The molecule has 0 saturated heterocycles. The minimum atomic E-state index is -4.86. The smallest absolute Gasteiger partial charge is 0.504 e. The molecule has 106 valence electrons. The molecule has 0 saturated carbocycles. The van der Waals surface area contributed by atoms with Gasteiger partial charge in [-0.25, -0.2) is 0 Å². The van der Waals surface area contributed by atoms with Gasteiger partial charge in [0.1, 0.15) is 5.75 Å². The van der Waals surface area contributed by atoms with Crippen LogP contribution in [0, 0.1) is 0 Å². The largest absolute Gasteiger partial charge is 0.573 e. The summed E-state index contributed by atoms with van der Waals surface area (Å²) in [4.78, 5) is 0. The molecule has 0 bridgehead atoms. The number of alkyl halides is 3. The van der Waals surface area contributed by atoms with Crippen molar-refractivity contribution in [3.8, 4) is 28.4 Å². The second-order valence-electron chi connectivity index (χ2n) is 3.93. The molecule has 2 aromatic carbocycles. The summed E-state index contributed by atoms with van der Waals surface area (Å²) in [7, 11) is 1.46. The van der Waals surface area contributed by atoms with E-state index in [9.17, 15) is 18.3 Å². The monoisotopic (exact) mass is 284 g/mol. The first-order valence-corrected chi connectivity index (χ1v) is 5.63. The Bertz CT molecular complexity index is 609. The average Bonchev–Trinajstić information content (AvgIpc) is 2.40. The van der Waals surface area contributed by atoms with Crippen molar-refractivity contribution in [2.24, 2.45) is 0 Å². The summed E-state index contributed by atoms with van der Waals surface area (Å²) in [6.45, 7) is 0. The van der Waals surface area contributed by atoms with E-state index in [4.69, 9.17) is 4.74 Å². The fraction of sp³-hybridized carbons (Fsp3) is 0.143. The molecule has 0 amide bonds. The summed E-state index contributed by atoms with van der Waals surface area (Å²) in [5, 5.41) is 9.42. The summed E-state index contributed by atoms with van der Waals surface area (Å²) in [6.07, 6.45) is -4.86. The summed E-state index contributed by atoms with van der Waals surface area (Å²) >= 11 is 0. The highest BCUT2D eigenvalue weighted by molar-refractivity contribution is 5.72. The van der Waals surface area contributed by atoms with Gasteiger partial charge in [-0.2, -0.15) is 0 Å². The molecular weight excluding hydrogens is 273 g/mol. The molecule has 3 nitrogen and oxygen atoms in total. The molecule has 0 aliphatic heterocycles. The van der Waals surface area contributed by atoms with Crippen molar-refractivity contribution in [1.82, 2.24) is 0 Å². The van der Waals surface area contributed by atoms with E-state index in [0.717, 1.165) is 12.1 Å². The zero-order chi connectivity index (χ0) is 14.8. The van der Waals surface area contributed by atoms with Gasteiger partial charge in [0, 0.05) is 5.56 Å². The lowest BCUT2D eigenvalue weighted by Gasteiger charge is -2.13. The van der Waals surface area contributed by atoms with Crippen molar-refractivity contribution in [3.63, 3.8) is 0 Å². The quantitative estimate of drug-likeness (QED) is 0.927. The Kier molecular flexibility index (Phi) is 3.74. The molecular formula is C14H11F3O3. The lowest BCUT2D eigenvalue weighted by molar-refractivity contribution is -0.275. The van der Waals surface area contributed by atoms with Crippen molar-refractivity contribution < 1.29 is 27.8 Å². The number of benzene rings is 2. The van der Waals surface area contributed by atoms with Gasteiger partial charge in [-0.1, -0.05) is 24.3 Å². The van der Waals surface area contributed by atoms with Crippen LogP contribution in [-0.4, -0.2) is 18.6 Å². The first-order chi connectivity index (χ1) is 9.40. The molecule has 0 radical (unpaired) electrons. The van der Waals surface area contributed by atoms with E-state index in [1.54, 1.807) is 24.3 Å². The predicted molar refractivity (Wildman–Crippen MR) is 66.8 cm³/mol. The second-order valence-corrected chi connectivity index (χ2v) is 3.93. The van der Waals surface area contributed by atoms with Crippen LogP contribution in [0.2, 0.25) is 0 Å². The zero-order valence-electron chi connectivity index (χ0n) is 10.4. The van der Waals surface area contributed by atoms with E-state index in [2.05, 4.69) is 4.74 Å². The van der Waals surface area contributed by atoms with Gasteiger partial charge in [0.15, 0.2) is 11.5 Å². The lowest BCUT2D eigenvalue weighted by atomic mass is 10.0. The van der Waals surface area contributed by atoms with Gasteiger partial charge in [-0.05, 0) is 23.8 Å². The fourth-order valence-electron chi connectivity index (χ4n) is 1.77. The highest BCUT2D eigenvalue weighted by Crippen LogP contribution is 2.37. The molecule has 20 heavy (non-hydrogen) atoms. The van der Waals surface area contributed by atoms with Crippen LogP contribution in [0.1, 0.15) is 0 Å². The Morgan fingerprint density at radius 2 is 1.70 bits per heavy atom. The van der Waals surface area contributed by atoms with E-state index in [-0.39, 0.29) is 0 Å². The van der Waals surface area contributed by atoms with Crippen LogP contribution < -0.4 is 9.47 Å². The van der Waals surface area contributed by atoms with Gasteiger partial charge in [0.25, 0.3) is 0 Å². The standard InChI is InChI=1S/C14H11F3O3/c1-19-12-5-3-2-4-10(12)9-6-7-11(18)13(8-9)20-14(15,16)17/h2-8,18H,1H3. The third-order valence-electron chi connectivity index (χ3n) is 2.60. The van der Waals surface area contributed by atoms with Gasteiger partial charge < -0.3 is 14.6 Å². The second kappa shape index (κ2) is 5.32. The van der Waals surface area contributed by atoms with Crippen LogP contribution in [0.3, 0.4) is 0 Å². The normalized spacial score (nSPS) is 11.2. The van der Waals surface area contributed by atoms with Gasteiger partial charge >= 0.3 is 6.36 Å². The Labute approximate surface area is 113 Å². The molecule has 0 heterocycles. The molecule has 0 atom stereocenters.